The van der Waals surface area contributed by atoms with Crippen molar-refractivity contribution in [2.24, 2.45) is 0 Å². The SMILES string of the molecule is CC(=O)NC(C)C(=O)Nc1ccc(Sc2ccc(Br)cc2)cc1. The zero-order valence-electron chi connectivity index (χ0n) is 12.8. The quantitative estimate of drug-likeness (QED) is 0.806. The lowest BCUT2D eigenvalue weighted by Gasteiger charge is -2.13. The van der Waals surface area contributed by atoms with E-state index in [-0.39, 0.29) is 11.8 Å². The molecule has 0 aliphatic rings. The molecule has 1 atom stereocenters. The molecule has 6 heteroatoms. The predicted molar refractivity (Wildman–Crippen MR) is 96.6 cm³/mol. The van der Waals surface area contributed by atoms with E-state index in [1.54, 1.807) is 18.7 Å². The number of carbonyl (C=O) groups excluding carboxylic acids is 2. The van der Waals surface area contributed by atoms with E-state index >= 15 is 0 Å². The van der Waals surface area contributed by atoms with Crippen molar-refractivity contribution in [1.29, 1.82) is 0 Å². The number of halogens is 1. The van der Waals surface area contributed by atoms with E-state index in [9.17, 15) is 9.59 Å². The van der Waals surface area contributed by atoms with Crippen LogP contribution in [0.25, 0.3) is 0 Å². The first-order valence-corrected chi connectivity index (χ1v) is 8.66. The minimum absolute atomic E-state index is 0.228. The topological polar surface area (TPSA) is 58.2 Å². The van der Waals surface area contributed by atoms with Gasteiger partial charge < -0.3 is 10.6 Å². The molecule has 23 heavy (non-hydrogen) atoms. The maximum atomic E-state index is 11.9. The van der Waals surface area contributed by atoms with Crippen molar-refractivity contribution in [3.05, 3.63) is 53.0 Å². The summed E-state index contributed by atoms with van der Waals surface area (Å²) in [5.41, 5.74) is 0.701. The molecule has 2 N–H and O–H groups in total. The standard InChI is InChI=1S/C17H17BrN2O2S/c1-11(19-12(2)21)17(22)20-14-5-9-16(10-6-14)23-15-7-3-13(18)4-8-15/h3-11H,1-2H3,(H,19,21)(H,20,22). The van der Waals surface area contributed by atoms with E-state index in [1.165, 1.54) is 6.92 Å². The van der Waals surface area contributed by atoms with Gasteiger partial charge in [0.25, 0.3) is 0 Å². The van der Waals surface area contributed by atoms with E-state index in [0.29, 0.717) is 5.69 Å². The van der Waals surface area contributed by atoms with E-state index < -0.39 is 6.04 Å². The summed E-state index contributed by atoms with van der Waals surface area (Å²) in [6, 6.07) is 15.1. The first kappa shape index (κ1) is 17.6. The summed E-state index contributed by atoms with van der Waals surface area (Å²) in [4.78, 5) is 25.1. The van der Waals surface area contributed by atoms with Crippen LogP contribution in [0.3, 0.4) is 0 Å². The lowest BCUT2D eigenvalue weighted by atomic mass is 10.2. The Balaban J connectivity index is 1.95. The van der Waals surface area contributed by atoms with Gasteiger partial charge in [0.2, 0.25) is 11.8 Å². The van der Waals surface area contributed by atoms with Crippen molar-refractivity contribution in [1.82, 2.24) is 5.32 Å². The second kappa shape index (κ2) is 8.17. The monoisotopic (exact) mass is 392 g/mol. The van der Waals surface area contributed by atoms with Crippen molar-refractivity contribution in [2.45, 2.75) is 29.7 Å². The predicted octanol–water partition coefficient (Wildman–Crippen LogP) is 4.06. The first-order chi connectivity index (χ1) is 10.9. The smallest absolute Gasteiger partial charge is 0.246 e. The normalized spacial score (nSPS) is 11.6. The number of anilines is 1. The third-order valence-corrected chi connectivity index (χ3v) is 4.53. The Morgan fingerprint density at radius 1 is 1.00 bits per heavy atom. The Morgan fingerprint density at radius 3 is 2.04 bits per heavy atom. The van der Waals surface area contributed by atoms with E-state index in [4.69, 9.17) is 0 Å². The summed E-state index contributed by atoms with van der Waals surface area (Å²) in [5, 5.41) is 5.33. The number of carbonyl (C=O) groups is 2. The zero-order chi connectivity index (χ0) is 16.8. The third-order valence-electron chi connectivity index (χ3n) is 2.98. The summed E-state index contributed by atoms with van der Waals surface area (Å²) < 4.78 is 1.05. The molecule has 0 saturated carbocycles. The lowest BCUT2D eigenvalue weighted by molar-refractivity contribution is -0.124. The molecule has 2 rings (SSSR count). The fourth-order valence-corrected chi connectivity index (χ4v) is 2.95. The largest absolute Gasteiger partial charge is 0.345 e. The van der Waals surface area contributed by atoms with Crippen molar-refractivity contribution in [2.75, 3.05) is 5.32 Å². The molecule has 0 fully saturated rings. The van der Waals surface area contributed by atoms with Gasteiger partial charge >= 0.3 is 0 Å². The van der Waals surface area contributed by atoms with Gasteiger partial charge in [-0.25, -0.2) is 0 Å². The highest BCUT2D eigenvalue weighted by atomic mass is 79.9. The number of amides is 2. The first-order valence-electron chi connectivity index (χ1n) is 7.05. The Morgan fingerprint density at radius 2 is 1.52 bits per heavy atom. The molecular formula is C17H17BrN2O2S. The maximum Gasteiger partial charge on any atom is 0.246 e. The number of hydrogen-bond acceptors (Lipinski definition) is 3. The van der Waals surface area contributed by atoms with Crippen molar-refractivity contribution in [3.63, 3.8) is 0 Å². The Hall–Kier alpha value is -1.79. The van der Waals surface area contributed by atoms with Crippen LogP contribution >= 0.6 is 27.7 Å². The van der Waals surface area contributed by atoms with Crippen LogP contribution in [0.15, 0.2) is 62.8 Å². The van der Waals surface area contributed by atoms with Gasteiger partial charge in [0.1, 0.15) is 6.04 Å². The van der Waals surface area contributed by atoms with Gasteiger partial charge in [-0.2, -0.15) is 0 Å². The van der Waals surface area contributed by atoms with Crippen LogP contribution in [0, 0.1) is 0 Å². The molecule has 2 aromatic carbocycles. The molecule has 120 valence electrons. The van der Waals surface area contributed by atoms with Crippen LogP contribution < -0.4 is 10.6 Å². The molecule has 0 saturated heterocycles. The maximum absolute atomic E-state index is 11.9. The number of rotatable bonds is 5. The van der Waals surface area contributed by atoms with E-state index in [2.05, 4.69) is 26.6 Å². The second-order valence-electron chi connectivity index (χ2n) is 4.99. The molecule has 0 heterocycles. The molecule has 0 aliphatic heterocycles. The Kier molecular flexibility index (Phi) is 6.24. The minimum atomic E-state index is -0.565. The van der Waals surface area contributed by atoms with E-state index in [0.717, 1.165) is 14.3 Å². The summed E-state index contributed by atoms with van der Waals surface area (Å²) in [7, 11) is 0. The summed E-state index contributed by atoms with van der Waals surface area (Å²) in [6.45, 7) is 3.03. The van der Waals surface area contributed by atoms with Gasteiger partial charge in [-0.05, 0) is 55.5 Å². The van der Waals surface area contributed by atoms with Crippen molar-refractivity contribution >= 4 is 45.2 Å². The molecule has 0 aliphatic carbocycles. The molecule has 0 aromatic heterocycles. The van der Waals surface area contributed by atoms with Crippen LogP contribution in [0.2, 0.25) is 0 Å². The second-order valence-corrected chi connectivity index (χ2v) is 7.05. The highest BCUT2D eigenvalue weighted by molar-refractivity contribution is 9.10. The average molecular weight is 393 g/mol. The van der Waals surface area contributed by atoms with Crippen LogP contribution in [0.4, 0.5) is 5.69 Å². The van der Waals surface area contributed by atoms with Gasteiger partial charge in [-0.15, -0.1) is 0 Å². The lowest BCUT2D eigenvalue weighted by Crippen LogP contribution is -2.40. The highest BCUT2D eigenvalue weighted by Crippen LogP contribution is 2.29. The minimum Gasteiger partial charge on any atom is -0.345 e. The van der Waals surface area contributed by atoms with Crippen LogP contribution in [-0.2, 0) is 9.59 Å². The number of benzene rings is 2. The summed E-state index contributed by atoms with van der Waals surface area (Å²) >= 11 is 5.06. The van der Waals surface area contributed by atoms with Crippen LogP contribution in [0.1, 0.15) is 13.8 Å². The van der Waals surface area contributed by atoms with Gasteiger partial charge in [0.15, 0.2) is 0 Å². The van der Waals surface area contributed by atoms with E-state index in [1.807, 2.05) is 48.5 Å². The van der Waals surface area contributed by atoms with Gasteiger partial charge in [-0.3, -0.25) is 9.59 Å². The Labute approximate surface area is 148 Å². The average Bonchev–Trinajstić information content (AvgIpc) is 2.51. The highest BCUT2D eigenvalue weighted by Gasteiger charge is 2.13. The van der Waals surface area contributed by atoms with Crippen LogP contribution in [0.5, 0.6) is 0 Å². The number of nitrogens with one attached hydrogen (secondary N) is 2. The van der Waals surface area contributed by atoms with Crippen LogP contribution in [-0.4, -0.2) is 17.9 Å². The summed E-state index contributed by atoms with van der Waals surface area (Å²) in [5.74, 6) is -0.470. The zero-order valence-corrected chi connectivity index (χ0v) is 15.2. The third kappa shape index (κ3) is 5.73. The van der Waals surface area contributed by atoms with Gasteiger partial charge in [0, 0.05) is 26.9 Å². The molecular weight excluding hydrogens is 376 g/mol. The van der Waals surface area contributed by atoms with Gasteiger partial charge in [-0.1, -0.05) is 27.7 Å². The fraction of sp³-hybridized carbons (Fsp3) is 0.176. The number of hydrogen-bond donors (Lipinski definition) is 2. The molecule has 4 nitrogen and oxygen atoms in total. The van der Waals surface area contributed by atoms with Gasteiger partial charge in [0.05, 0.1) is 0 Å². The molecule has 2 amide bonds. The van der Waals surface area contributed by atoms with Crippen molar-refractivity contribution in [3.8, 4) is 0 Å². The molecule has 1 unspecified atom stereocenters. The Bertz CT molecular complexity index is 687. The fourth-order valence-electron chi connectivity index (χ4n) is 1.87. The van der Waals surface area contributed by atoms with Crippen molar-refractivity contribution < 1.29 is 9.59 Å². The molecule has 0 spiro atoms. The summed E-state index contributed by atoms with van der Waals surface area (Å²) in [6.07, 6.45) is 0. The molecule has 0 bridgehead atoms. The molecule has 0 radical (unpaired) electrons. The molecule has 2 aromatic rings.